The molecule has 0 spiro atoms. The number of aromatic nitrogens is 2. The Morgan fingerprint density at radius 3 is 2.70 bits per heavy atom. The summed E-state index contributed by atoms with van der Waals surface area (Å²) in [4.78, 5) is 19.5. The van der Waals surface area contributed by atoms with Crippen LogP contribution in [0, 0.1) is 12.3 Å². The van der Waals surface area contributed by atoms with Crippen molar-refractivity contribution < 1.29 is 18.0 Å². The lowest BCUT2D eigenvalue weighted by molar-refractivity contribution is -0.213. The van der Waals surface area contributed by atoms with Crippen LogP contribution in [0.15, 0.2) is 6.07 Å². The van der Waals surface area contributed by atoms with E-state index in [0.29, 0.717) is 5.69 Å². The molecule has 1 aliphatic heterocycles. The summed E-state index contributed by atoms with van der Waals surface area (Å²) >= 11 is 5.68. The smallest absolute Gasteiger partial charge is 0.315 e. The molecule has 1 aliphatic rings. The highest BCUT2D eigenvalue weighted by atomic mass is 35.5. The van der Waals surface area contributed by atoms with Crippen LogP contribution in [0.5, 0.6) is 0 Å². The van der Waals surface area contributed by atoms with Gasteiger partial charge in [0.15, 0.2) is 5.41 Å². The summed E-state index contributed by atoms with van der Waals surface area (Å²) in [6.07, 6.45) is -4.96. The maximum atomic E-state index is 13.2. The summed E-state index contributed by atoms with van der Waals surface area (Å²) in [6, 6.07) is 1.44. The van der Waals surface area contributed by atoms with Crippen LogP contribution >= 0.6 is 11.6 Å². The van der Waals surface area contributed by atoms with Crippen molar-refractivity contribution in [3.05, 3.63) is 16.9 Å². The van der Waals surface area contributed by atoms with E-state index in [9.17, 15) is 18.0 Å². The number of carbonyl (C=O) groups is 1. The van der Waals surface area contributed by atoms with Gasteiger partial charge < -0.3 is 5.32 Å². The largest absolute Gasteiger partial charge is 0.404 e. The third-order valence-corrected chi connectivity index (χ3v) is 3.37. The zero-order valence-corrected chi connectivity index (χ0v) is 11.3. The standard InChI is InChI=1S/C11H12ClF3N4O/c1-6-4-7(12)18-9(17-6)19-8(20)10(11(13,14)15)2-3-16-5-10/h4,16H,2-3,5H2,1H3,(H,17,18,19,20). The minimum atomic E-state index is -4.64. The Morgan fingerprint density at radius 1 is 1.50 bits per heavy atom. The van der Waals surface area contributed by atoms with Crippen molar-refractivity contribution in [2.45, 2.75) is 19.5 Å². The first kappa shape index (κ1) is 15.0. The van der Waals surface area contributed by atoms with Crippen LogP contribution in [0.25, 0.3) is 0 Å². The molecule has 1 fully saturated rings. The minimum Gasteiger partial charge on any atom is -0.315 e. The Balaban J connectivity index is 2.26. The quantitative estimate of drug-likeness (QED) is 0.819. The van der Waals surface area contributed by atoms with Gasteiger partial charge in [0.2, 0.25) is 11.9 Å². The van der Waals surface area contributed by atoms with E-state index >= 15 is 0 Å². The number of hydrogen-bond donors (Lipinski definition) is 2. The monoisotopic (exact) mass is 308 g/mol. The van der Waals surface area contributed by atoms with E-state index in [2.05, 4.69) is 20.6 Å². The first-order chi connectivity index (χ1) is 9.24. The molecule has 2 heterocycles. The van der Waals surface area contributed by atoms with E-state index < -0.39 is 24.0 Å². The van der Waals surface area contributed by atoms with E-state index in [1.807, 2.05) is 0 Å². The molecule has 2 rings (SSSR count). The molecular formula is C11H12ClF3N4O. The molecule has 1 saturated heterocycles. The van der Waals surface area contributed by atoms with Crippen LogP contribution in [0.3, 0.4) is 0 Å². The third kappa shape index (κ3) is 2.71. The predicted molar refractivity (Wildman–Crippen MR) is 66.4 cm³/mol. The average molecular weight is 309 g/mol. The zero-order chi connectivity index (χ0) is 15.0. The van der Waals surface area contributed by atoms with Crippen molar-refractivity contribution in [2.75, 3.05) is 18.4 Å². The van der Waals surface area contributed by atoms with Crippen LogP contribution in [0.1, 0.15) is 12.1 Å². The van der Waals surface area contributed by atoms with E-state index in [4.69, 9.17) is 11.6 Å². The molecule has 110 valence electrons. The SMILES string of the molecule is Cc1cc(Cl)nc(NC(=O)C2(C(F)(F)F)CCNC2)n1. The lowest BCUT2D eigenvalue weighted by atomic mass is 9.85. The van der Waals surface area contributed by atoms with Gasteiger partial charge in [-0.2, -0.15) is 13.2 Å². The molecular weight excluding hydrogens is 297 g/mol. The number of halogens is 4. The highest BCUT2D eigenvalue weighted by Gasteiger charge is 2.61. The van der Waals surface area contributed by atoms with Crippen molar-refractivity contribution in [2.24, 2.45) is 5.41 Å². The molecule has 1 aromatic rings. The Labute approximate surface area is 117 Å². The van der Waals surface area contributed by atoms with Crippen LogP contribution < -0.4 is 10.6 Å². The van der Waals surface area contributed by atoms with Gasteiger partial charge in [-0.25, -0.2) is 9.97 Å². The number of alkyl halides is 3. The molecule has 20 heavy (non-hydrogen) atoms. The van der Waals surface area contributed by atoms with Gasteiger partial charge in [0, 0.05) is 12.2 Å². The fourth-order valence-corrected chi connectivity index (χ4v) is 2.30. The Morgan fingerprint density at radius 2 is 2.20 bits per heavy atom. The zero-order valence-electron chi connectivity index (χ0n) is 10.5. The molecule has 1 aromatic heterocycles. The van der Waals surface area contributed by atoms with E-state index in [1.165, 1.54) is 6.07 Å². The van der Waals surface area contributed by atoms with E-state index in [-0.39, 0.29) is 24.1 Å². The van der Waals surface area contributed by atoms with E-state index in [0.717, 1.165) is 0 Å². The van der Waals surface area contributed by atoms with Crippen molar-refractivity contribution in [3.8, 4) is 0 Å². The summed E-state index contributed by atoms with van der Waals surface area (Å²) in [6.45, 7) is 1.27. The van der Waals surface area contributed by atoms with Crippen molar-refractivity contribution >= 4 is 23.5 Å². The molecule has 2 N–H and O–H groups in total. The second-order valence-corrected chi connectivity index (χ2v) is 5.00. The second kappa shape index (κ2) is 5.17. The van der Waals surface area contributed by atoms with Gasteiger partial charge in [-0.3, -0.25) is 10.1 Å². The predicted octanol–water partition coefficient (Wildman–Crippen LogP) is 1.92. The number of carbonyl (C=O) groups excluding carboxylic acids is 1. The maximum absolute atomic E-state index is 13.2. The summed E-state index contributed by atoms with van der Waals surface area (Å²) in [5, 5.41) is 4.72. The maximum Gasteiger partial charge on any atom is 0.404 e. The van der Waals surface area contributed by atoms with Crippen molar-refractivity contribution in [1.82, 2.24) is 15.3 Å². The Bertz CT molecular complexity index is 509. The number of nitrogens with zero attached hydrogens (tertiary/aromatic N) is 2. The van der Waals surface area contributed by atoms with Crippen LogP contribution in [0.2, 0.25) is 5.15 Å². The number of nitrogens with one attached hydrogen (secondary N) is 2. The van der Waals surface area contributed by atoms with E-state index in [1.54, 1.807) is 6.92 Å². The number of anilines is 1. The highest BCUT2D eigenvalue weighted by Crippen LogP contribution is 2.43. The molecule has 0 saturated carbocycles. The number of rotatable bonds is 2. The molecule has 0 aromatic carbocycles. The van der Waals surface area contributed by atoms with Gasteiger partial charge in [0.1, 0.15) is 5.15 Å². The summed E-state index contributed by atoms with van der Waals surface area (Å²) in [5.41, 5.74) is -2.00. The third-order valence-electron chi connectivity index (χ3n) is 3.18. The summed E-state index contributed by atoms with van der Waals surface area (Å²) in [5.74, 6) is -1.40. The van der Waals surface area contributed by atoms with Crippen molar-refractivity contribution in [1.29, 1.82) is 0 Å². The highest BCUT2D eigenvalue weighted by molar-refractivity contribution is 6.29. The molecule has 1 amide bonds. The molecule has 1 atom stereocenters. The van der Waals surface area contributed by atoms with Gasteiger partial charge >= 0.3 is 6.18 Å². The normalized spacial score (nSPS) is 22.9. The fraction of sp³-hybridized carbons (Fsp3) is 0.545. The van der Waals surface area contributed by atoms with Crippen LogP contribution in [-0.4, -0.2) is 35.1 Å². The Hall–Kier alpha value is -1.41. The van der Waals surface area contributed by atoms with Gasteiger partial charge in [0.25, 0.3) is 0 Å². The number of aryl methyl sites for hydroxylation is 1. The minimum absolute atomic E-state index is 0.0541. The first-order valence-corrected chi connectivity index (χ1v) is 6.22. The topological polar surface area (TPSA) is 66.9 Å². The van der Waals surface area contributed by atoms with Gasteiger partial charge in [-0.05, 0) is 26.0 Å². The van der Waals surface area contributed by atoms with Crippen molar-refractivity contribution in [3.63, 3.8) is 0 Å². The molecule has 1 unspecified atom stereocenters. The Kier molecular flexibility index (Phi) is 3.88. The fourth-order valence-electron chi connectivity index (χ4n) is 2.06. The number of hydrogen-bond acceptors (Lipinski definition) is 4. The molecule has 5 nitrogen and oxygen atoms in total. The molecule has 0 bridgehead atoms. The van der Waals surface area contributed by atoms with Gasteiger partial charge in [-0.15, -0.1) is 0 Å². The summed E-state index contributed by atoms with van der Waals surface area (Å²) in [7, 11) is 0. The van der Waals surface area contributed by atoms with Crippen LogP contribution in [-0.2, 0) is 4.79 Å². The molecule has 0 aliphatic carbocycles. The first-order valence-electron chi connectivity index (χ1n) is 5.85. The molecule has 0 radical (unpaired) electrons. The average Bonchev–Trinajstić information content (AvgIpc) is 2.76. The number of amides is 1. The lowest BCUT2D eigenvalue weighted by Gasteiger charge is -2.28. The second-order valence-electron chi connectivity index (χ2n) is 4.62. The molecule has 9 heteroatoms. The lowest BCUT2D eigenvalue weighted by Crippen LogP contribution is -2.49. The van der Waals surface area contributed by atoms with Crippen LogP contribution in [0.4, 0.5) is 19.1 Å². The van der Waals surface area contributed by atoms with Gasteiger partial charge in [-0.1, -0.05) is 11.6 Å². The summed E-state index contributed by atoms with van der Waals surface area (Å²) < 4.78 is 39.5. The van der Waals surface area contributed by atoms with Gasteiger partial charge in [0.05, 0.1) is 0 Å².